The summed E-state index contributed by atoms with van der Waals surface area (Å²) in [6.07, 6.45) is 3.99. The highest BCUT2D eigenvalue weighted by molar-refractivity contribution is 6.01. The summed E-state index contributed by atoms with van der Waals surface area (Å²) in [5, 5.41) is 13.5. The van der Waals surface area contributed by atoms with Gasteiger partial charge in [0.15, 0.2) is 0 Å². The monoisotopic (exact) mass is 476 g/mol. The molecule has 0 aliphatic carbocycles. The van der Waals surface area contributed by atoms with Crippen LogP contribution in [0.15, 0.2) is 36.5 Å². The summed E-state index contributed by atoms with van der Waals surface area (Å²) in [5.74, 6) is 0.649. The molecule has 1 aromatic heterocycles. The molecule has 3 aliphatic heterocycles. The van der Waals surface area contributed by atoms with Crippen molar-refractivity contribution in [3.05, 3.63) is 47.7 Å². The molecule has 1 amide bonds. The third-order valence-corrected chi connectivity index (χ3v) is 7.11. The number of pyridine rings is 1. The molecule has 2 aromatic rings. The number of hydrogen-bond donors (Lipinski definition) is 1. The number of nitrogens with zero attached hydrogens (tertiary/aromatic N) is 3. The summed E-state index contributed by atoms with van der Waals surface area (Å²) >= 11 is 0. The van der Waals surface area contributed by atoms with Crippen molar-refractivity contribution in [3.63, 3.8) is 0 Å². The molecule has 0 unspecified atom stereocenters. The van der Waals surface area contributed by atoms with Crippen molar-refractivity contribution in [2.24, 2.45) is 0 Å². The maximum atomic E-state index is 13.9. The fourth-order valence-electron chi connectivity index (χ4n) is 5.19. The smallest absolute Gasteiger partial charge is 0.256 e. The van der Waals surface area contributed by atoms with Crippen molar-refractivity contribution in [1.82, 2.24) is 4.98 Å². The normalized spacial score (nSPS) is 23.4. The van der Waals surface area contributed by atoms with Crippen molar-refractivity contribution in [1.29, 1.82) is 5.26 Å². The number of fused-ring (bicyclic) bond motifs is 2. The Labute approximate surface area is 206 Å². The fourth-order valence-corrected chi connectivity index (χ4v) is 5.19. The zero-order valence-electron chi connectivity index (χ0n) is 20.3. The molecule has 2 fully saturated rings. The number of aromatic nitrogens is 1. The Morgan fingerprint density at radius 3 is 2.83 bits per heavy atom. The highest BCUT2D eigenvalue weighted by atomic mass is 16.5. The Morgan fingerprint density at radius 2 is 2.11 bits per heavy atom. The first-order valence-corrected chi connectivity index (χ1v) is 12.4. The minimum absolute atomic E-state index is 0.0117. The number of carbonyl (C=O) groups excluding carboxylic acids is 1. The van der Waals surface area contributed by atoms with Crippen molar-refractivity contribution in [2.75, 3.05) is 30.0 Å². The number of rotatable bonds is 4. The van der Waals surface area contributed by atoms with Gasteiger partial charge in [-0.2, -0.15) is 5.26 Å². The van der Waals surface area contributed by atoms with Crippen LogP contribution in [0.2, 0.25) is 0 Å². The molecule has 1 N–H and O–H groups in total. The second-order valence-electron chi connectivity index (χ2n) is 9.80. The van der Waals surface area contributed by atoms with E-state index in [9.17, 15) is 10.1 Å². The average molecular weight is 477 g/mol. The van der Waals surface area contributed by atoms with Gasteiger partial charge in [0.05, 0.1) is 48.2 Å². The molecule has 2 atom stereocenters. The Morgan fingerprint density at radius 1 is 1.29 bits per heavy atom. The zero-order valence-corrected chi connectivity index (χ0v) is 20.3. The van der Waals surface area contributed by atoms with E-state index >= 15 is 0 Å². The minimum Gasteiger partial charge on any atom is -0.381 e. The summed E-state index contributed by atoms with van der Waals surface area (Å²) in [6, 6.07) is 12.3. The number of amides is 1. The number of ether oxygens (including phenoxy) is 3. The summed E-state index contributed by atoms with van der Waals surface area (Å²) in [6.45, 7) is 5.90. The Bertz CT molecular complexity index is 1110. The average Bonchev–Trinajstić information content (AvgIpc) is 3.05. The van der Waals surface area contributed by atoms with E-state index < -0.39 is 11.5 Å². The van der Waals surface area contributed by atoms with Gasteiger partial charge in [0.1, 0.15) is 11.9 Å². The number of hydrogen-bond acceptors (Lipinski definition) is 7. The fraction of sp³-hybridized carbons (Fsp3) is 0.519. The van der Waals surface area contributed by atoms with E-state index in [0.29, 0.717) is 45.6 Å². The van der Waals surface area contributed by atoms with Gasteiger partial charge in [0, 0.05) is 25.0 Å². The van der Waals surface area contributed by atoms with E-state index in [0.717, 1.165) is 34.7 Å². The van der Waals surface area contributed by atoms with Crippen molar-refractivity contribution in [2.45, 2.75) is 69.8 Å². The van der Waals surface area contributed by atoms with E-state index in [2.05, 4.69) is 16.4 Å². The van der Waals surface area contributed by atoms with Crippen LogP contribution < -0.4 is 10.2 Å². The third kappa shape index (κ3) is 4.76. The first kappa shape index (κ1) is 23.7. The number of anilines is 3. The molecule has 0 saturated carbocycles. The second kappa shape index (κ2) is 9.94. The predicted molar refractivity (Wildman–Crippen MR) is 131 cm³/mol. The molecule has 0 bridgehead atoms. The topological polar surface area (TPSA) is 96.7 Å². The first-order chi connectivity index (χ1) is 17.0. The van der Waals surface area contributed by atoms with E-state index in [1.165, 1.54) is 0 Å². The molecule has 8 heteroatoms. The van der Waals surface area contributed by atoms with E-state index in [1.807, 2.05) is 44.2 Å². The molecular weight excluding hydrogens is 444 g/mol. The Balaban J connectivity index is 1.48. The van der Waals surface area contributed by atoms with Gasteiger partial charge in [-0.15, -0.1) is 0 Å². The van der Waals surface area contributed by atoms with Crippen LogP contribution in [-0.2, 0) is 31.0 Å². The maximum Gasteiger partial charge on any atom is 0.256 e. The van der Waals surface area contributed by atoms with Crippen molar-refractivity contribution >= 4 is 23.1 Å². The van der Waals surface area contributed by atoms with Gasteiger partial charge in [-0.3, -0.25) is 4.79 Å². The molecule has 35 heavy (non-hydrogen) atoms. The third-order valence-electron chi connectivity index (χ3n) is 7.11. The largest absolute Gasteiger partial charge is 0.381 e. The highest BCUT2D eigenvalue weighted by Crippen LogP contribution is 2.41. The quantitative estimate of drug-likeness (QED) is 0.706. The summed E-state index contributed by atoms with van der Waals surface area (Å²) in [4.78, 5) is 20.2. The van der Waals surface area contributed by atoms with Crippen molar-refractivity contribution < 1.29 is 19.0 Å². The van der Waals surface area contributed by atoms with Crippen LogP contribution in [0, 0.1) is 11.3 Å². The predicted octanol–water partition coefficient (Wildman–Crippen LogP) is 4.22. The maximum absolute atomic E-state index is 13.9. The molecule has 3 aliphatic rings. The second-order valence-corrected chi connectivity index (χ2v) is 9.80. The van der Waals surface area contributed by atoms with E-state index in [4.69, 9.17) is 14.2 Å². The first-order valence-electron chi connectivity index (χ1n) is 12.4. The molecule has 5 rings (SSSR count). The zero-order chi connectivity index (χ0) is 24.4. The van der Waals surface area contributed by atoms with Crippen LogP contribution in [-0.4, -0.2) is 49.0 Å². The number of benzene rings is 1. The lowest BCUT2D eigenvalue weighted by Gasteiger charge is -2.34. The highest BCUT2D eigenvalue weighted by Gasteiger charge is 2.38. The Hall–Kier alpha value is -2.99. The van der Waals surface area contributed by atoms with Crippen LogP contribution in [0.25, 0.3) is 0 Å². The molecule has 2 saturated heterocycles. The van der Waals surface area contributed by atoms with Gasteiger partial charge >= 0.3 is 0 Å². The van der Waals surface area contributed by atoms with Gasteiger partial charge < -0.3 is 24.4 Å². The summed E-state index contributed by atoms with van der Waals surface area (Å²) < 4.78 is 17.4. The van der Waals surface area contributed by atoms with Crippen LogP contribution in [0.1, 0.15) is 50.7 Å². The van der Waals surface area contributed by atoms with Gasteiger partial charge in [-0.1, -0.05) is 12.1 Å². The lowest BCUT2D eigenvalue weighted by atomic mass is 9.75. The number of nitriles is 1. The molecule has 1 aromatic carbocycles. The van der Waals surface area contributed by atoms with E-state index in [-0.39, 0.29) is 18.1 Å². The summed E-state index contributed by atoms with van der Waals surface area (Å²) in [7, 11) is 0. The van der Waals surface area contributed by atoms with E-state index in [1.54, 1.807) is 11.1 Å². The van der Waals surface area contributed by atoms with Gasteiger partial charge in [0.25, 0.3) is 5.91 Å². The number of carbonyl (C=O) groups is 1. The molecule has 0 radical (unpaired) electrons. The molecule has 4 heterocycles. The van der Waals surface area contributed by atoms with Crippen LogP contribution in [0.4, 0.5) is 17.2 Å². The van der Waals surface area contributed by atoms with Crippen LogP contribution >= 0.6 is 0 Å². The van der Waals surface area contributed by atoms with Crippen molar-refractivity contribution in [3.8, 4) is 6.07 Å². The SMILES string of the molecule is CC(C)O[C@H]1CC[C@H](C(=O)N2Cc3cccnc3Nc3ccc(C4(C#N)CCOCC4)cc32)OC1. The lowest BCUT2D eigenvalue weighted by molar-refractivity contribution is -0.143. The molecule has 8 nitrogen and oxygen atoms in total. The van der Waals surface area contributed by atoms with Gasteiger partial charge in [-0.25, -0.2) is 4.98 Å². The minimum atomic E-state index is -0.623. The lowest BCUT2D eigenvalue weighted by Crippen LogP contribution is -2.44. The van der Waals surface area contributed by atoms with Gasteiger partial charge in [0.2, 0.25) is 0 Å². The van der Waals surface area contributed by atoms with Crippen LogP contribution in [0.3, 0.4) is 0 Å². The molecular formula is C27H32N4O4. The van der Waals surface area contributed by atoms with Gasteiger partial charge in [-0.05, 0) is 63.3 Å². The Kier molecular flexibility index (Phi) is 6.74. The molecule has 0 spiro atoms. The summed E-state index contributed by atoms with van der Waals surface area (Å²) in [5.41, 5.74) is 2.75. The van der Waals surface area contributed by atoms with Crippen LogP contribution in [0.5, 0.6) is 0 Å². The number of nitrogens with one attached hydrogen (secondary N) is 1. The molecule has 184 valence electrons. The standard InChI is InChI=1S/C27H32N4O4/c1-18(2)35-21-6-8-24(34-16-21)26(32)31-15-19-4-3-11-29-25(19)30-22-7-5-20(14-23(22)31)27(17-28)9-12-33-13-10-27/h3-5,7,11,14,18,21,24H,6,8-10,12-13,15-16H2,1-2H3,(H,29,30)/t21-,24+/m0/s1.